The Morgan fingerprint density at radius 2 is 1.21 bits per heavy atom. The zero-order chi connectivity index (χ0) is 24.8. The van der Waals surface area contributed by atoms with Gasteiger partial charge < -0.3 is 44.9 Å². The predicted octanol–water partition coefficient (Wildman–Crippen LogP) is -0.0517. The van der Waals surface area contributed by atoms with Crippen molar-refractivity contribution in [2.24, 2.45) is 0 Å². The number of carbonyl (C=O) groups is 2. The lowest BCUT2D eigenvalue weighted by Crippen LogP contribution is -2.66. The molecule has 34 heavy (non-hydrogen) atoms. The summed E-state index contributed by atoms with van der Waals surface area (Å²) in [6, 6.07) is 0. The molecule has 11 heteroatoms. The number of fused-ring (bicyclic) bond motifs is 1. The van der Waals surface area contributed by atoms with E-state index in [1.807, 2.05) is 0 Å². The zero-order valence-corrected chi connectivity index (χ0v) is 20.2. The lowest BCUT2D eigenvalue weighted by Gasteiger charge is -2.43. The van der Waals surface area contributed by atoms with E-state index in [4.69, 9.17) is 18.9 Å². The van der Waals surface area contributed by atoms with Crippen molar-refractivity contribution in [1.29, 1.82) is 0 Å². The van der Waals surface area contributed by atoms with Gasteiger partial charge in [-0.1, -0.05) is 58.3 Å². The fraction of sp³-hybridized carbons (Fsp3) is 0.913. The Balaban J connectivity index is 1.78. The van der Waals surface area contributed by atoms with Gasteiger partial charge in [0.15, 0.2) is 12.2 Å². The Morgan fingerprint density at radius 1 is 0.735 bits per heavy atom. The Bertz CT molecular complexity index is 595. The minimum absolute atomic E-state index is 0.223. The third kappa shape index (κ3) is 8.40. The molecule has 0 aromatic heterocycles. The van der Waals surface area contributed by atoms with Gasteiger partial charge in [-0.25, -0.2) is 0 Å². The van der Waals surface area contributed by atoms with Gasteiger partial charge in [-0.3, -0.25) is 9.59 Å². The summed E-state index contributed by atoms with van der Waals surface area (Å²) in [5.41, 5.74) is -1.61. The molecule has 0 spiro atoms. The van der Waals surface area contributed by atoms with Crippen molar-refractivity contribution in [3.05, 3.63) is 0 Å². The van der Waals surface area contributed by atoms with Gasteiger partial charge in [-0.2, -0.15) is 0 Å². The van der Waals surface area contributed by atoms with Gasteiger partial charge in [0.2, 0.25) is 0 Å². The molecule has 0 unspecified atom stereocenters. The van der Waals surface area contributed by atoms with Crippen LogP contribution in [0.2, 0.25) is 0 Å². The van der Waals surface area contributed by atoms with Gasteiger partial charge in [0.05, 0.1) is 19.8 Å². The first-order valence-electron chi connectivity index (χ1n) is 12.4. The molecule has 2 aliphatic rings. The smallest absolute Gasteiger partial charge is 0.252 e. The Hall–Kier alpha value is -1.34. The van der Waals surface area contributed by atoms with Crippen LogP contribution in [0.15, 0.2) is 0 Å². The summed E-state index contributed by atoms with van der Waals surface area (Å²) < 4.78 is 21.9. The van der Waals surface area contributed by atoms with Crippen LogP contribution in [0.4, 0.5) is 0 Å². The lowest BCUT2D eigenvalue weighted by atomic mass is 9.97. The van der Waals surface area contributed by atoms with E-state index in [2.05, 4.69) is 17.6 Å². The highest BCUT2D eigenvalue weighted by molar-refractivity contribution is 5.84. The second kappa shape index (κ2) is 15.6. The van der Waals surface area contributed by atoms with Gasteiger partial charge in [0, 0.05) is 6.54 Å². The molecule has 2 aliphatic heterocycles. The molecule has 2 fully saturated rings. The van der Waals surface area contributed by atoms with Crippen molar-refractivity contribution in [3.63, 3.8) is 0 Å². The van der Waals surface area contributed by atoms with Crippen molar-refractivity contribution in [2.45, 2.75) is 94.7 Å². The molecule has 0 saturated carbocycles. The SMILES string of the molecule is CCCCCCCCCCCNC(=O)[C@H]1OCO[C@H]2[C@@H]1OCO[C@H]2C(=O)NC(CO)(CO)CO. The molecule has 2 heterocycles. The molecule has 2 rings (SSSR count). The summed E-state index contributed by atoms with van der Waals surface area (Å²) in [6.45, 7) is 0.240. The molecule has 0 radical (unpaired) electrons. The first-order chi connectivity index (χ1) is 16.5. The molecule has 198 valence electrons. The third-order valence-electron chi connectivity index (χ3n) is 6.33. The molecule has 2 amide bonds. The van der Waals surface area contributed by atoms with Gasteiger partial charge >= 0.3 is 0 Å². The molecule has 0 bridgehead atoms. The Morgan fingerprint density at radius 3 is 1.71 bits per heavy atom. The van der Waals surface area contributed by atoms with E-state index in [-0.39, 0.29) is 19.5 Å². The molecule has 4 atom stereocenters. The number of carbonyl (C=O) groups excluding carboxylic acids is 2. The molecule has 11 nitrogen and oxygen atoms in total. The Kier molecular flexibility index (Phi) is 13.3. The summed E-state index contributed by atoms with van der Waals surface area (Å²) in [4.78, 5) is 25.5. The van der Waals surface area contributed by atoms with Crippen LogP contribution in [-0.2, 0) is 28.5 Å². The largest absolute Gasteiger partial charge is 0.394 e. The van der Waals surface area contributed by atoms with Crippen LogP contribution in [0.25, 0.3) is 0 Å². The third-order valence-corrected chi connectivity index (χ3v) is 6.33. The summed E-state index contributed by atoms with van der Waals surface area (Å²) in [6.07, 6.45) is 6.76. The van der Waals surface area contributed by atoms with E-state index < -0.39 is 55.7 Å². The topological polar surface area (TPSA) is 156 Å². The number of hydrogen-bond acceptors (Lipinski definition) is 9. The minimum atomic E-state index is -1.61. The molecule has 0 aliphatic carbocycles. The van der Waals surface area contributed by atoms with Crippen molar-refractivity contribution in [3.8, 4) is 0 Å². The number of rotatable bonds is 16. The van der Waals surface area contributed by atoms with E-state index in [1.54, 1.807) is 0 Å². The maximum Gasteiger partial charge on any atom is 0.252 e. The average molecular weight is 491 g/mol. The highest BCUT2D eigenvalue weighted by atomic mass is 16.8. The van der Waals surface area contributed by atoms with Gasteiger partial charge in [-0.15, -0.1) is 0 Å². The maximum atomic E-state index is 12.7. The van der Waals surface area contributed by atoms with E-state index >= 15 is 0 Å². The van der Waals surface area contributed by atoms with Gasteiger partial charge in [0.25, 0.3) is 11.8 Å². The van der Waals surface area contributed by atoms with Gasteiger partial charge in [0.1, 0.15) is 31.3 Å². The normalized spacial score (nSPS) is 24.9. The first-order valence-corrected chi connectivity index (χ1v) is 12.4. The zero-order valence-electron chi connectivity index (χ0n) is 20.2. The van der Waals surface area contributed by atoms with Crippen LogP contribution in [0.5, 0.6) is 0 Å². The molecule has 0 aromatic carbocycles. The first kappa shape index (κ1) is 28.9. The van der Waals surface area contributed by atoms with Crippen LogP contribution in [0.3, 0.4) is 0 Å². The molecular formula is C23H42N2O9. The number of hydrogen-bond donors (Lipinski definition) is 5. The molecule has 2 saturated heterocycles. The van der Waals surface area contributed by atoms with Crippen LogP contribution in [0.1, 0.15) is 64.7 Å². The summed E-state index contributed by atoms with van der Waals surface area (Å²) in [5, 5.41) is 33.7. The van der Waals surface area contributed by atoms with E-state index in [1.165, 1.54) is 38.5 Å². The van der Waals surface area contributed by atoms with Crippen LogP contribution < -0.4 is 10.6 Å². The minimum Gasteiger partial charge on any atom is -0.394 e. The average Bonchev–Trinajstić information content (AvgIpc) is 2.87. The van der Waals surface area contributed by atoms with Crippen molar-refractivity contribution >= 4 is 11.8 Å². The predicted molar refractivity (Wildman–Crippen MR) is 122 cm³/mol. The Labute approximate surface area is 201 Å². The number of ether oxygens (including phenoxy) is 4. The number of nitrogens with one attached hydrogen (secondary N) is 2. The van der Waals surface area contributed by atoms with Crippen LogP contribution in [-0.4, -0.2) is 97.0 Å². The second-order valence-corrected chi connectivity index (χ2v) is 9.04. The molecule has 0 aromatic rings. The van der Waals surface area contributed by atoms with Gasteiger partial charge in [-0.05, 0) is 6.42 Å². The highest BCUT2D eigenvalue weighted by Gasteiger charge is 2.50. The second-order valence-electron chi connectivity index (χ2n) is 9.04. The maximum absolute atomic E-state index is 12.7. The van der Waals surface area contributed by atoms with Crippen molar-refractivity contribution in [2.75, 3.05) is 40.0 Å². The monoisotopic (exact) mass is 490 g/mol. The highest BCUT2D eigenvalue weighted by Crippen LogP contribution is 2.27. The van der Waals surface area contributed by atoms with E-state index in [0.29, 0.717) is 6.54 Å². The van der Waals surface area contributed by atoms with Crippen molar-refractivity contribution < 1.29 is 43.9 Å². The van der Waals surface area contributed by atoms with Crippen molar-refractivity contribution in [1.82, 2.24) is 10.6 Å². The summed E-state index contributed by atoms with van der Waals surface area (Å²) in [5.74, 6) is -1.04. The van der Waals surface area contributed by atoms with E-state index in [9.17, 15) is 24.9 Å². The molecule has 5 N–H and O–H groups in total. The van der Waals surface area contributed by atoms with Crippen LogP contribution in [0, 0.1) is 0 Å². The van der Waals surface area contributed by atoms with Crippen LogP contribution >= 0.6 is 0 Å². The molecular weight excluding hydrogens is 448 g/mol. The number of unbranched alkanes of at least 4 members (excludes halogenated alkanes) is 8. The standard InChI is InChI=1S/C23H42N2O9/c1-2-3-4-5-6-7-8-9-10-11-24-21(29)19-17-18(32-15-33-19)20(34-16-31-17)22(30)25-23(12-26,13-27)14-28/h17-20,26-28H,2-16H2,1H3,(H,24,29)(H,25,30)/t17-,18-,19-,20+/m0/s1. The quantitative estimate of drug-likeness (QED) is 0.187. The fourth-order valence-electron chi connectivity index (χ4n) is 4.08. The fourth-order valence-corrected chi connectivity index (χ4v) is 4.08. The van der Waals surface area contributed by atoms with E-state index in [0.717, 1.165) is 19.3 Å². The number of aliphatic hydroxyl groups excluding tert-OH is 3. The number of amides is 2. The summed E-state index contributed by atoms with van der Waals surface area (Å²) >= 11 is 0. The summed E-state index contributed by atoms with van der Waals surface area (Å²) in [7, 11) is 0. The lowest BCUT2D eigenvalue weighted by molar-refractivity contribution is -0.311. The number of aliphatic hydroxyl groups is 3.